The predicted octanol–water partition coefficient (Wildman–Crippen LogP) is 3.94. The number of methoxy groups -OCH3 is 1. The summed E-state index contributed by atoms with van der Waals surface area (Å²) in [6.45, 7) is 1.69. The smallest absolute Gasteiger partial charge is 0.422 e. The topological polar surface area (TPSA) is 169 Å². The molecule has 1 saturated heterocycles. The number of Topliss-reactive ketones (excluding diaryl/α,β-unsaturated/α-hetero) is 1. The van der Waals surface area contributed by atoms with Gasteiger partial charge in [-0.15, -0.1) is 0 Å². The molecule has 5 atom stereocenters. The van der Waals surface area contributed by atoms with Crippen LogP contribution in [0.2, 0.25) is 0 Å². The first-order chi connectivity index (χ1) is 24.5. The Morgan fingerprint density at radius 3 is 2.60 bits per heavy atom. The number of ketones is 1. The Bertz CT molecular complexity index is 1880. The van der Waals surface area contributed by atoms with Gasteiger partial charge in [0, 0.05) is 36.3 Å². The van der Waals surface area contributed by atoms with Crippen LogP contribution in [0, 0.1) is 18.3 Å². The van der Waals surface area contributed by atoms with Crippen molar-refractivity contribution in [3.8, 4) is 17.4 Å². The monoisotopic (exact) mass is 751 g/mol. The lowest BCUT2D eigenvalue weighted by Crippen LogP contribution is -2.68. The van der Waals surface area contributed by atoms with Gasteiger partial charge in [0.2, 0.25) is 21.8 Å². The third kappa shape index (κ3) is 7.73. The van der Waals surface area contributed by atoms with Crippen LogP contribution in [-0.2, 0) is 24.4 Å². The molecule has 16 heteroatoms. The van der Waals surface area contributed by atoms with Gasteiger partial charge < -0.3 is 24.8 Å². The number of ether oxygens (including phenoxy) is 3. The predicted molar refractivity (Wildman–Crippen MR) is 183 cm³/mol. The number of hydrogen-bond donors (Lipinski definition) is 2. The van der Waals surface area contributed by atoms with Crippen molar-refractivity contribution in [2.75, 3.05) is 20.3 Å². The van der Waals surface area contributed by atoms with Crippen LogP contribution in [0.5, 0.6) is 17.4 Å². The largest absolute Gasteiger partial charge is 0.496 e. The first-order valence-electron chi connectivity index (χ1n) is 17.7. The summed E-state index contributed by atoms with van der Waals surface area (Å²) in [5.74, 6) is -1.54. The maximum Gasteiger partial charge on any atom is 0.422 e. The molecule has 3 fully saturated rings. The summed E-state index contributed by atoms with van der Waals surface area (Å²) in [7, 11) is -2.50. The molecule has 2 saturated carbocycles. The molecule has 3 heterocycles. The van der Waals surface area contributed by atoms with E-state index in [1.165, 1.54) is 18.1 Å². The SMILES string of the molecule is COc1ccc2c(O[C@@H]3C[C@H]4C(=O)C[C@]5(C(=O)NS(=O)(=O)C6(C)CC6)C[C@@H]5/C=C\CCCCC[C@H]([NH3+])C(=O)N4C3)cc(OCC(F)(F)F)nc2c1C. The molecule has 2 amide bonds. The number of nitrogens with one attached hydrogen (secondary N) is 1. The number of allylic oxidation sites excluding steroid dienone is 2. The van der Waals surface area contributed by atoms with Crippen LogP contribution >= 0.6 is 0 Å². The average molecular weight is 752 g/mol. The van der Waals surface area contributed by atoms with Crippen LogP contribution in [0.15, 0.2) is 30.4 Å². The van der Waals surface area contributed by atoms with Crippen molar-refractivity contribution in [3.05, 3.63) is 35.9 Å². The molecule has 0 radical (unpaired) electrons. The van der Waals surface area contributed by atoms with E-state index in [1.54, 1.807) is 26.0 Å². The van der Waals surface area contributed by atoms with Crippen molar-refractivity contribution in [3.63, 3.8) is 0 Å². The second-order valence-corrected chi connectivity index (χ2v) is 17.1. The molecule has 0 unspecified atom stereocenters. The minimum atomic E-state index is -4.62. The highest BCUT2D eigenvalue weighted by molar-refractivity contribution is 7.91. The van der Waals surface area contributed by atoms with Crippen LogP contribution in [0.25, 0.3) is 10.9 Å². The maximum absolute atomic E-state index is 14.3. The maximum atomic E-state index is 14.3. The summed E-state index contributed by atoms with van der Waals surface area (Å²) in [6.07, 6.45) is 3.11. The highest BCUT2D eigenvalue weighted by Gasteiger charge is 2.62. The third-order valence-electron chi connectivity index (χ3n) is 11.0. The Hall–Kier alpha value is -3.92. The van der Waals surface area contributed by atoms with E-state index >= 15 is 0 Å². The Kier molecular flexibility index (Phi) is 10.3. The van der Waals surface area contributed by atoms with E-state index in [0.29, 0.717) is 47.9 Å². The molecule has 0 bridgehead atoms. The van der Waals surface area contributed by atoms with E-state index in [-0.39, 0.29) is 42.8 Å². The number of halogens is 3. The van der Waals surface area contributed by atoms with Gasteiger partial charge in [-0.25, -0.2) is 13.4 Å². The Labute approximate surface area is 300 Å². The summed E-state index contributed by atoms with van der Waals surface area (Å²) < 4.78 is 83.5. The van der Waals surface area contributed by atoms with E-state index in [2.05, 4.69) is 15.4 Å². The molecule has 4 aliphatic rings. The van der Waals surface area contributed by atoms with Crippen molar-refractivity contribution >= 4 is 38.5 Å². The molecule has 12 nitrogen and oxygen atoms in total. The van der Waals surface area contributed by atoms with Gasteiger partial charge in [0.15, 0.2) is 18.4 Å². The van der Waals surface area contributed by atoms with Gasteiger partial charge in [-0.05, 0) is 70.4 Å². The highest BCUT2D eigenvalue weighted by Crippen LogP contribution is 2.57. The average Bonchev–Trinajstić information content (AvgIpc) is 3.96. The van der Waals surface area contributed by atoms with Gasteiger partial charge in [0.1, 0.15) is 17.6 Å². The summed E-state index contributed by atoms with van der Waals surface area (Å²) in [6, 6.07) is 2.94. The van der Waals surface area contributed by atoms with Crippen LogP contribution in [-0.4, -0.2) is 85.3 Å². The van der Waals surface area contributed by atoms with Crippen molar-refractivity contribution in [2.24, 2.45) is 11.3 Å². The number of hydrogen-bond acceptors (Lipinski definition) is 9. The fraction of sp³-hybridized carbons (Fsp3) is 0.611. The lowest BCUT2D eigenvalue weighted by atomic mass is 9.91. The molecule has 52 heavy (non-hydrogen) atoms. The fourth-order valence-corrected chi connectivity index (χ4v) is 8.65. The standard InChI is InChI=1S/C36H45F3N4O8S/c1-21-28(49-3)12-11-24-29(16-30(41-31(21)24)50-20-36(37,38)39)51-23-15-26-27(44)18-35(33(46)42-52(47,48)34(2)13-14-34)17-22(35)9-7-5-4-6-8-10-25(40)32(45)43(26)19-23/h7,9,11-12,16,22-23,25-26H,4-6,8,10,13-15,17-20,40H2,1-3H3,(H,42,46)/p+1/b9-7-/t22-,23+,25-,26-,35+/m0/s1. The van der Waals surface area contributed by atoms with Gasteiger partial charge in [0.05, 0.1) is 35.4 Å². The number of aryl methyl sites for hydroxylation is 1. The second-order valence-electron chi connectivity index (χ2n) is 14.9. The van der Waals surface area contributed by atoms with E-state index in [1.807, 2.05) is 12.2 Å². The van der Waals surface area contributed by atoms with Crippen LogP contribution in [0.3, 0.4) is 0 Å². The Balaban J connectivity index is 1.31. The summed E-state index contributed by atoms with van der Waals surface area (Å²) in [5.41, 5.74) is 3.65. The van der Waals surface area contributed by atoms with E-state index in [9.17, 15) is 36.0 Å². The Morgan fingerprint density at radius 2 is 1.90 bits per heavy atom. The molecule has 2 aliphatic carbocycles. The number of alkyl halides is 3. The van der Waals surface area contributed by atoms with Crippen LogP contribution in [0.4, 0.5) is 13.2 Å². The van der Waals surface area contributed by atoms with E-state index < -0.39 is 62.8 Å². The first kappa shape index (κ1) is 37.8. The van der Waals surface area contributed by atoms with Crippen LogP contribution < -0.4 is 24.7 Å². The molecule has 1 aromatic heterocycles. The molecule has 1 aromatic carbocycles. The zero-order chi connectivity index (χ0) is 37.6. The fourth-order valence-electron chi connectivity index (χ4n) is 7.32. The highest BCUT2D eigenvalue weighted by atomic mass is 32.2. The minimum Gasteiger partial charge on any atom is -0.496 e. The quantitative estimate of drug-likeness (QED) is 0.380. The number of benzene rings is 1. The number of carbonyl (C=O) groups is 3. The normalized spacial score (nSPS) is 28.6. The number of amides is 2. The van der Waals surface area contributed by atoms with Gasteiger partial charge >= 0.3 is 6.18 Å². The zero-order valence-corrected chi connectivity index (χ0v) is 30.4. The lowest BCUT2D eigenvalue weighted by Gasteiger charge is -2.26. The summed E-state index contributed by atoms with van der Waals surface area (Å²) in [4.78, 5) is 47.7. The number of quaternary nitrogens is 1. The van der Waals surface area contributed by atoms with Gasteiger partial charge in [0.25, 0.3) is 5.91 Å². The van der Waals surface area contributed by atoms with Crippen molar-refractivity contribution in [2.45, 2.75) is 107 Å². The van der Waals surface area contributed by atoms with Gasteiger partial charge in [-0.3, -0.25) is 19.1 Å². The van der Waals surface area contributed by atoms with E-state index in [0.717, 1.165) is 25.7 Å². The number of aromatic nitrogens is 1. The number of rotatable bonds is 8. The lowest BCUT2D eigenvalue weighted by molar-refractivity contribution is -0.407. The zero-order valence-electron chi connectivity index (χ0n) is 29.6. The molecule has 2 aliphatic heterocycles. The molecular formula is C36H46F3N4O8S+. The second kappa shape index (κ2) is 14.1. The van der Waals surface area contributed by atoms with Gasteiger partial charge in [-0.2, -0.15) is 13.2 Å². The van der Waals surface area contributed by atoms with Crippen molar-refractivity contribution < 1.29 is 55.9 Å². The molecule has 6 rings (SSSR count). The number of fused-ring (bicyclic) bond motifs is 3. The molecular weight excluding hydrogens is 705 g/mol. The third-order valence-corrected chi connectivity index (χ3v) is 13.1. The summed E-state index contributed by atoms with van der Waals surface area (Å²) >= 11 is 0. The van der Waals surface area contributed by atoms with Gasteiger partial charge in [-0.1, -0.05) is 18.6 Å². The van der Waals surface area contributed by atoms with Crippen molar-refractivity contribution in [1.82, 2.24) is 14.6 Å². The Morgan fingerprint density at radius 1 is 1.15 bits per heavy atom. The first-order valence-corrected chi connectivity index (χ1v) is 19.2. The number of nitrogens with zero attached hydrogens (tertiary/aromatic N) is 2. The molecule has 2 aromatic rings. The molecule has 4 N–H and O–H groups in total. The van der Waals surface area contributed by atoms with E-state index in [4.69, 9.17) is 14.2 Å². The molecule has 0 spiro atoms. The number of sulfonamides is 1. The molecule has 284 valence electrons. The number of carbonyl (C=O) groups excluding carboxylic acids is 3. The minimum absolute atomic E-state index is 0.0196. The number of pyridine rings is 1. The van der Waals surface area contributed by atoms with Crippen molar-refractivity contribution in [1.29, 1.82) is 0 Å². The van der Waals surface area contributed by atoms with Crippen LogP contribution in [0.1, 0.15) is 76.7 Å². The summed E-state index contributed by atoms with van der Waals surface area (Å²) in [5, 5.41) is 0.462.